The average molecular weight is 403 g/mol. The van der Waals surface area contributed by atoms with Crippen LogP contribution in [-0.2, 0) is 4.74 Å². The van der Waals surface area contributed by atoms with Crippen molar-refractivity contribution in [3.63, 3.8) is 0 Å². The molecule has 0 aliphatic heterocycles. The lowest BCUT2D eigenvalue weighted by atomic mass is 9.47. The molecule has 2 fully saturated rings. The van der Waals surface area contributed by atoms with Crippen molar-refractivity contribution in [1.29, 1.82) is 0 Å². The van der Waals surface area contributed by atoms with E-state index in [-0.39, 0.29) is 10.8 Å². The van der Waals surface area contributed by atoms with E-state index in [4.69, 9.17) is 16.3 Å². The van der Waals surface area contributed by atoms with Crippen LogP contribution < -0.4 is 0 Å². The largest absolute Gasteiger partial charge is 0.498 e. The Kier molecular flexibility index (Phi) is 5.39. The van der Waals surface area contributed by atoms with Crippen LogP contribution in [0.3, 0.4) is 0 Å². The maximum Gasteiger partial charge on any atom is 0.131 e. The molecule has 4 unspecified atom stereocenters. The predicted molar refractivity (Wildman–Crippen MR) is 115 cm³/mol. The third-order valence-electron chi connectivity index (χ3n) is 8.73. The molecule has 0 heterocycles. The maximum atomic E-state index is 11.5. The highest BCUT2D eigenvalue weighted by Crippen LogP contribution is 2.66. The molecule has 6 atom stereocenters. The summed E-state index contributed by atoms with van der Waals surface area (Å²) in [5.74, 6) is 10.1. The van der Waals surface area contributed by atoms with Gasteiger partial charge in [-0.1, -0.05) is 31.8 Å². The van der Waals surface area contributed by atoms with Crippen molar-refractivity contribution < 1.29 is 9.84 Å². The van der Waals surface area contributed by atoms with Crippen LogP contribution in [0.2, 0.25) is 0 Å². The molecule has 0 radical (unpaired) electrons. The van der Waals surface area contributed by atoms with Crippen LogP contribution in [0.25, 0.3) is 0 Å². The fraction of sp³-hybridized carbons (Fsp3) is 0.760. The summed E-state index contributed by atoms with van der Waals surface area (Å²) in [4.78, 5) is 0. The number of aliphatic hydroxyl groups is 1. The van der Waals surface area contributed by atoms with E-state index in [1.807, 2.05) is 0 Å². The molecule has 0 bridgehead atoms. The highest BCUT2D eigenvalue weighted by Gasteiger charge is 2.63. The van der Waals surface area contributed by atoms with E-state index in [0.717, 1.165) is 44.5 Å². The summed E-state index contributed by atoms with van der Waals surface area (Å²) in [5.41, 5.74) is 0.836. The Hall–Kier alpha value is -0.910. The van der Waals surface area contributed by atoms with Gasteiger partial charge in [-0.15, -0.1) is 11.6 Å². The smallest absolute Gasteiger partial charge is 0.131 e. The van der Waals surface area contributed by atoms with Gasteiger partial charge in [0.2, 0.25) is 0 Å². The predicted octanol–water partition coefficient (Wildman–Crippen LogP) is 5.84. The number of halogens is 1. The molecule has 154 valence electrons. The molecule has 4 rings (SSSR count). The number of alkyl halides is 1. The number of rotatable bonds is 3. The fourth-order valence-electron chi connectivity index (χ4n) is 7.08. The Morgan fingerprint density at radius 3 is 2.75 bits per heavy atom. The van der Waals surface area contributed by atoms with Crippen LogP contribution in [0, 0.1) is 40.4 Å². The molecular formula is C25H35ClO2. The van der Waals surface area contributed by atoms with Gasteiger partial charge < -0.3 is 9.84 Å². The highest BCUT2D eigenvalue weighted by atomic mass is 35.5. The Bertz CT molecular complexity index is 743. The summed E-state index contributed by atoms with van der Waals surface area (Å²) in [6, 6.07) is 0. The Balaban J connectivity index is 1.62. The quantitative estimate of drug-likeness (QED) is 0.474. The molecule has 4 aliphatic rings. The SMILES string of the molecule is CCOC1=CC2=CCC3C(CC[C@@]4(C)C3CCC4(O)C#CCCCl)[C@@]2(C)CC1. The van der Waals surface area contributed by atoms with Crippen LogP contribution in [0.4, 0.5) is 0 Å². The van der Waals surface area contributed by atoms with E-state index >= 15 is 0 Å². The zero-order valence-electron chi connectivity index (χ0n) is 17.7. The summed E-state index contributed by atoms with van der Waals surface area (Å²) in [6.45, 7) is 7.62. The van der Waals surface area contributed by atoms with Gasteiger partial charge in [-0.25, -0.2) is 0 Å². The monoisotopic (exact) mass is 402 g/mol. The number of hydrogen-bond donors (Lipinski definition) is 1. The first-order chi connectivity index (χ1) is 13.4. The molecular weight excluding hydrogens is 368 g/mol. The molecule has 0 aromatic carbocycles. The number of allylic oxidation sites excluding steroid dienone is 4. The minimum Gasteiger partial charge on any atom is -0.498 e. The molecule has 3 heteroatoms. The second-order valence-corrected chi connectivity index (χ2v) is 10.2. The normalized spacial score (nSPS) is 44.2. The fourth-order valence-corrected chi connectivity index (χ4v) is 7.17. The molecule has 0 amide bonds. The van der Waals surface area contributed by atoms with Crippen LogP contribution in [-0.4, -0.2) is 23.2 Å². The first kappa shape index (κ1) is 20.4. The van der Waals surface area contributed by atoms with E-state index in [1.165, 1.54) is 18.4 Å². The average Bonchev–Trinajstić information content (AvgIpc) is 2.94. The number of fused-ring (bicyclic) bond motifs is 5. The van der Waals surface area contributed by atoms with E-state index in [9.17, 15) is 5.11 Å². The van der Waals surface area contributed by atoms with Gasteiger partial charge in [-0.3, -0.25) is 0 Å². The second kappa shape index (κ2) is 7.41. The Labute approximate surface area is 175 Å². The van der Waals surface area contributed by atoms with Gasteiger partial charge >= 0.3 is 0 Å². The standard InChI is InChI=1S/C25H35ClO2/c1-4-28-19-9-13-23(2)18(17-19)7-8-20-21(23)10-14-24(3)22(20)11-15-25(24,27)12-5-6-16-26/h7,17,20-22,27H,4,6,8-11,13-16H2,1-3H3/t20?,21?,22?,23-,24-,25?/m0/s1. The van der Waals surface area contributed by atoms with Crippen LogP contribution in [0.5, 0.6) is 0 Å². The second-order valence-electron chi connectivity index (χ2n) is 9.83. The van der Waals surface area contributed by atoms with E-state index in [2.05, 4.69) is 44.8 Å². The van der Waals surface area contributed by atoms with Gasteiger partial charge in [0.05, 0.1) is 12.4 Å². The van der Waals surface area contributed by atoms with Gasteiger partial charge in [-0.05, 0) is 80.3 Å². The third kappa shape index (κ3) is 2.96. The van der Waals surface area contributed by atoms with Crippen LogP contribution in [0.1, 0.15) is 72.1 Å². The summed E-state index contributed by atoms with van der Waals surface area (Å²) >= 11 is 5.80. The van der Waals surface area contributed by atoms with Gasteiger partial charge in [0.1, 0.15) is 5.60 Å². The van der Waals surface area contributed by atoms with Crippen molar-refractivity contribution in [2.24, 2.45) is 28.6 Å². The lowest BCUT2D eigenvalue weighted by Gasteiger charge is -2.57. The van der Waals surface area contributed by atoms with Crippen molar-refractivity contribution in [2.75, 3.05) is 12.5 Å². The van der Waals surface area contributed by atoms with E-state index in [0.29, 0.717) is 30.1 Å². The zero-order valence-corrected chi connectivity index (χ0v) is 18.4. The van der Waals surface area contributed by atoms with Crippen LogP contribution >= 0.6 is 11.6 Å². The summed E-state index contributed by atoms with van der Waals surface area (Å²) in [6.07, 6.45) is 13.1. The lowest BCUT2D eigenvalue weighted by molar-refractivity contribution is -0.0924. The topological polar surface area (TPSA) is 29.5 Å². The van der Waals surface area contributed by atoms with Gasteiger partial charge in [0.25, 0.3) is 0 Å². The summed E-state index contributed by atoms with van der Waals surface area (Å²) in [5, 5.41) is 11.5. The van der Waals surface area contributed by atoms with Crippen molar-refractivity contribution in [3.8, 4) is 11.8 Å². The molecule has 28 heavy (non-hydrogen) atoms. The zero-order chi connectivity index (χ0) is 20.0. The molecule has 2 saturated carbocycles. The van der Waals surface area contributed by atoms with E-state index in [1.54, 1.807) is 0 Å². The molecule has 1 N–H and O–H groups in total. The maximum absolute atomic E-state index is 11.5. The molecule has 0 aromatic heterocycles. The Morgan fingerprint density at radius 2 is 2.00 bits per heavy atom. The molecule has 0 saturated heterocycles. The minimum absolute atomic E-state index is 0.0871. The molecule has 0 aromatic rings. The van der Waals surface area contributed by atoms with Crippen molar-refractivity contribution in [1.82, 2.24) is 0 Å². The van der Waals surface area contributed by atoms with Gasteiger partial charge in [0, 0.05) is 24.1 Å². The third-order valence-corrected chi connectivity index (χ3v) is 8.92. The number of hydrogen-bond acceptors (Lipinski definition) is 2. The highest BCUT2D eigenvalue weighted by molar-refractivity contribution is 6.18. The van der Waals surface area contributed by atoms with Crippen molar-refractivity contribution in [2.45, 2.75) is 77.7 Å². The minimum atomic E-state index is -0.839. The van der Waals surface area contributed by atoms with Crippen molar-refractivity contribution >= 4 is 11.6 Å². The summed E-state index contributed by atoms with van der Waals surface area (Å²) < 4.78 is 5.83. The molecule has 2 nitrogen and oxygen atoms in total. The lowest BCUT2D eigenvalue weighted by Crippen LogP contribution is -2.53. The number of ether oxygens (including phenoxy) is 1. The molecule has 4 aliphatic carbocycles. The van der Waals surface area contributed by atoms with Gasteiger partial charge in [-0.2, -0.15) is 0 Å². The van der Waals surface area contributed by atoms with E-state index < -0.39 is 5.60 Å². The summed E-state index contributed by atoms with van der Waals surface area (Å²) in [7, 11) is 0. The van der Waals surface area contributed by atoms with Crippen LogP contribution in [0.15, 0.2) is 23.5 Å². The van der Waals surface area contributed by atoms with Gasteiger partial charge in [0.15, 0.2) is 0 Å². The first-order valence-corrected chi connectivity index (χ1v) is 11.7. The Morgan fingerprint density at radius 1 is 1.21 bits per heavy atom. The first-order valence-electron chi connectivity index (χ1n) is 11.2. The molecule has 0 spiro atoms. The van der Waals surface area contributed by atoms with Crippen molar-refractivity contribution in [3.05, 3.63) is 23.5 Å².